The molecule has 0 saturated carbocycles. The molecule has 3 saturated heterocycles. The quantitative estimate of drug-likeness (QED) is 0.682. The summed E-state index contributed by atoms with van der Waals surface area (Å²) < 4.78 is 20.9. The number of halogens is 1. The Kier molecular flexibility index (Phi) is 5.60. The molecule has 33 heavy (non-hydrogen) atoms. The molecule has 5 nitrogen and oxygen atoms in total. The molecule has 6 rings (SSSR count). The van der Waals surface area contributed by atoms with Crippen LogP contribution >= 0.6 is 0 Å². The molecule has 0 radical (unpaired) electrons. The molecule has 2 atom stereocenters. The minimum atomic E-state index is -1.14. The molecule has 3 aliphatic heterocycles. The number of benzene rings is 2. The lowest BCUT2D eigenvalue weighted by atomic mass is 9.79. The molecule has 1 aliphatic carbocycles. The second-order valence-corrected chi connectivity index (χ2v) is 10.4. The van der Waals surface area contributed by atoms with E-state index in [-0.39, 0.29) is 17.3 Å². The van der Waals surface area contributed by atoms with Gasteiger partial charge in [0.2, 0.25) is 0 Å². The Bertz CT molecular complexity index is 1040. The fraction of sp³-hybridized carbons (Fsp3) is 0.519. The summed E-state index contributed by atoms with van der Waals surface area (Å²) in [5.41, 5.74) is 2.78. The van der Waals surface area contributed by atoms with Crippen LogP contribution in [-0.4, -0.2) is 48.2 Å². The van der Waals surface area contributed by atoms with Crippen LogP contribution in [0, 0.1) is 17.2 Å². The van der Waals surface area contributed by atoms with Crippen molar-refractivity contribution in [1.29, 1.82) is 0 Å². The Balaban J connectivity index is 1.52. The zero-order valence-corrected chi connectivity index (χ0v) is 19.6. The number of carboxylic acid groups (broad SMARTS) is 1. The van der Waals surface area contributed by atoms with Gasteiger partial charge in [0.05, 0.1) is 12.6 Å². The van der Waals surface area contributed by atoms with Gasteiger partial charge in [-0.05, 0) is 91.6 Å². The molecule has 4 aliphatic rings. The Morgan fingerprint density at radius 3 is 2.48 bits per heavy atom. The van der Waals surface area contributed by atoms with Gasteiger partial charge in [0.1, 0.15) is 17.7 Å². The second kappa shape index (κ2) is 8.32. The predicted molar refractivity (Wildman–Crippen MR) is 123 cm³/mol. The minimum absolute atomic E-state index is 0.0958. The van der Waals surface area contributed by atoms with E-state index in [2.05, 4.69) is 18.7 Å². The molecule has 0 unspecified atom stereocenters. The van der Waals surface area contributed by atoms with Gasteiger partial charge in [-0.3, -0.25) is 0 Å². The number of carbonyl (C=O) groups excluding carboxylic acids is 1. The lowest BCUT2D eigenvalue weighted by molar-refractivity contribution is -0.276. The maximum absolute atomic E-state index is 15.4. The molecule has 1 amide bonds. The van der Waals surface area contributed by atoms with Gasteiger partial charge in [0.25, 0.3) is 0 Å². The lowest BCUT2D eigenvalue weighted by Crippen LogP contribution is -2.62. The van der Waals surface area contributed by atoms with E-state index in [1.54, 1.807) is 11.0 Å². The van der Waals surface area contributed by atoms with Gasteiger partial charge in [-0.1, -0.05) is 26.0 Å². The standard InChI is InChI=1S/C27H33FN2O3/c1-4-33-20-7-5-17(6-8-20)21-13-19-15-27(2,3)25(22(19)14-23(21)28)30(26(31)32)24-16-29-11-9-18(24)10-12-29/h5-8,13-14,18,24-25H,4,9-12,15-16H2,1-3H3,(H,31,32)/p-1/t24-,25+/m1/s1. The smallest absolute Gasteiger partial charge is 0.137 e. The third-order valence-electron chi connectivity index (χ3n) is 7.85. The van der Waals surface area contributed by atoms with Crippen molar-refractivity contribution in [3.8, 4) is 16.9 Å². The van der Waals surface area contributed by atoms with E-state index < -0.39 is 12.1 Å². The number of amides is 1. The molecular weight excluding hydrogens is 419 g/mol. The van der Waals surface area contributed by atoms with Gasteiger partial charge in [-0.15, -0.1) is 0 Å². The summed E-state index contributed by atoms with van der Waals surface area (Å²) >= 11 is 0. The Labute approximate surface area is 195 Å². The van der Waals surface area contributed by atoms with Crippen LogP contribution in [0.3, 0.4) is 0 Å². The maximum atomic E-state index is 15.4. The molecule has 2 aromatic carbocycles. The van der Waals surface area contributed by atoms with E-state index in [4.69, 9.17) is 4.74 Å². The molecular formula is C27H32FN2O3-. The first-order valence-corrected chi connectivity index (χ1v) is 12.1. The number of hydrogen-bond acceptors (Lipinski definition) is 4. The van der Waals surface area contributed by atoms with Crippen molar-refractivity contribution in [2.45, 2.75) is 52.1 Å². The highest BCUT2D eigenvalue weighted by molar-refractivity contribution is 5.69. The number of piperidine rings is 3. The summed E-state index contributed by atoms with van der Waals surface area (Å²) in [6.45, 7) is 9.50. The number of rotatable bonds is 5. The molecule has 0 aromatic heterocycles. The van der Waals surface area contributed by atoms with E-state index in [0.717, 1.165) is 54.9 Å². The van der Waals surface area contributed by atoms with Crippen LogP contribution in [-0.2, 0) is 6.42 Å². The normalized spacial score (nSPS) is 27.3. The minimum Gasteiger partial charge on any atom is -0.530 e. The summed E-state index contributed by atoms with van der Waals surface area (Å²) in [4.78, 5) is 16.4. The number of hydrogen-bond donors (Lipinski definition) is 0. The van der Waals surface area contributed by atoms with Gasteiger partial charge in [-0.2, -0.15) is 0 Å². The van der Waals surface area contributed by atoms with Crippen molar-refractivity contribution in [1.82, 2.24) is 9.80 Å². The monoisotopic (exact) mass is 451 g/mol. The Hall–Kier alpha value is -2.60. The molecule has 176 valence electrons. The van der Waals surface area contributed by atoms with E-state index in [1.165, 1.54) is 0 Å². The molecule has 2 bridgehead atoms. The van der Waals surface area contributed by atoms with E-state index in [9.17, 15) is 9.90 Å². The van der Waals surface area contributed by atoms with Crippen molar-refractivity contribution in [3.63, 3.8) is 0 Å². The van der Waals surface area contributed by atoms with Crippen LogP contribution in [0.15, 0.2) is 36.4 Å². The fourth-order valence-corrected chi connectivity index (χ4v) is 6.38. The second-order valence-electron chi connectivity index (χ2n) is 10.4. The first-order chi connectivity index (χ1) is 15.8. The van der Waals surface area contributed by atoms with Gasteiger partial charge < -0.3 is 24.4 Å². The van der Waals surface area contributed by atoms with Gasteiger partial charge in [0, 0.05) is 18.2 Å². The topological polar surface area (TPSA) is 55.8 Å². The third-order valence-corrected chi connectivity index (χ3v) is 7.85. The van der Waals surface area contributed by atoms with Crippen LogP contribution in [0.1, 0.15) is 50.8 Å². The van der Waals surface area contributed by atoms with E-state index in [1.807, 2.05) is 37.3 Å². The first kappa shape index (κ1) is 22.2. The largest absolute Gasteiger partial charge is 0.530 e. The SMILES string of the molecule is CCOc1ccc(-c2cc3c(cc2F)[C@H](N(C(=O)[O-])[C@@H]2CN4CCC2CC4)C(C)(C)C3)cc1. The third kappa shape index (κ3) is 3.88. The highest BCUT2D eigenvalue weighted by Crippen LogP contribution is 2.52. The predicted octanol–water partition coefficient (Wildman–Crippen LogP) is 4.25. The summed E-state index contributed by atoms with van der Waals surface area (Å²) in [6, 6.07) is 10.4. The lowest BCUT2D eigenvalue weighted by Gasteiger charge is -2.53. The van der Waals surface area contributed by atoms with E-state index in [0.29, 0.717) is 24.5 Å². The van der Waals surface area contributed by atoms with Gasteiger partial charge in [0.15, 0.2) is 0 Å². The summed E-state index contributed by atoms with van der Waals surface area (Å²) in [7, 11) is 0. The Morgan fingerprint density at radius 1 is 1.21 bits per heavy atom. The van der Waals surface area contributed by atoms with Gasteiger partial charge in [-0.25, -0.2) is 4.39 Å². The molecule has 6 heteroatoms. The number of fused-ring (bicyclic) bond motifs is 4. The van der Waals surface area contributed by atoms with Crippen LogP contribution < -0.4 is 9.84 Å². The number of carbonyl (C=O) groups is 1. The summed E-state index contributed by atoms with van der Waals surface area (Å²) in [5, 5.41) is 12.5. The highest BCUT2D eigenvalue weighted by Gasteiger charge is 2.48. The molecule has 2 aromatic rings. The summed E-state index contributed by atoms with van der Waals surface area (Å²) in [6.07, 6.45) is 1.58. The van der Waals surface area contributed by atoms with Crippen molar-refractivity contribution in [3.05, 3.63) is 53.3 Å². The van der Waals surface area contributed by atoms with Crippen LogP contribution in [0.5, 0.6) is 5.75 Å². The van der Waals surface area contributed by atoms with Crippen molar-refractivity contribution < 1.29 is 19.0 Å². The maximum Gasteiger partial charge on any atom is 0.137 e. The zero-order valence-electron chi connectivity index (χ0n) is 19.6. The van der Waals surface area contributed by atoms with Crippen LogP contribution in [0.2, 0.25) is 0 Å². The van der Waals surface area contributed by atoms with Crippen molar-refractivity contribution >= 4 is 6.09 Å². The Morgan fingerprint density at radius 2 is 1.91 bits per heavy atom. The molecule has 0 spiro atoms. The average Bonchev–Trinajstić information content (AvgIpc) is 3.04. The first-order valence-electron chi connectivity index (χ1n) is 12.1. The van der Waals surface area contributed by atoms with E-state index >= 15 is 4.39 Å². The zero-order chi connectivity index (χ0) is 23.3. The fourth-order valence-electron chi connectivity index (χ4n) is 6.38. The molecule has 3 fully saturated rings. The molecule has 3 heterocycles. The van der Waals surface area contributed by atoms with Gasteiger partial charge >= 0.3 is 0 Å². The molecule has 0 N–H and O–H groups in total. The number of nitrogens with zero attached hydrogens (tertiary/aromatic N) is 2. The summed E-state index contributed by atoms with van der Waals surface area (Å²) in [5.74, 6) is 0.777. The average molecular weight is 452 g/mol. The van der Waals surface area contributed by atoms with Crippen LogP contribution in [0.4, 0.5) is 9.18 Å². The number of ether oxygens (including phenoxy) is 1. The van der Waals surface area contributed by atoms with Crippen LogP contribution in [0.25, 0.3) is 11.1 Å². The highest BCUT2D eigenvalue weighted by atomic mass is 19.1. The van der Waals surface area contributed by atoms with Crippen molar-refractivity contribution in [2.24, 2.45) is 11.3 Å². The van der Waals surface area contributed by atoms with Crippen molar-refractivity contribution in [2.75, 3.05) is 26.2 Å².